The third-order valence-electron chi connectivity index (χ3n) is 2.76. The Morgan fingerprint density at radius 3 is 2.62 bits per heavy atom. The lowest BCUT2D eigenvalue weighted by atomic mass is 10.1. The molecule has 0 radical (unpaired) electrons. The molecule has 0 saturated heterocycles. The summed E-state index contributed by atoms with van der Waals surface area (Å²) < 4.78 is 0. The zero-order valence-electron chi connectivity index (χ0n) is 9.75. The molecule has 0 bridgehead atoms. The number of hydrogen-bond acceptors (Lipinski definition) is 1. The SMILES string of the molecule is Cc1ccc(NCc2cccc[nH+]2)cc1C. The minimum absolute atomic E-state index is 0.823. The maximum atomic E-state index is 3.40. The van der Waals surface area contributed by atoms with Crippen LogP contribution in [0.3, 0.4) is 0 Å². The minimum Gasteiger partial charge on any atom is -0.375 e. The van der Waals surface area contributed by atoms with Crippen LogP contribution in [0.15, 0.2) is 42.6 Å². The Bertz CT molecular complexity index is 463. The number of anilines is 1. The topological polar surface area (TPSA) is 26.2 Å². The summed E-state index contributed by atoms with van der Waals surface area (Å²) in [4.78, 5) is 3.20. The average molecular weight is 213 g/mol. The Kier molecular flexibility index (Phi) is 3.20. The van der Waals surface area contributed by atoms with E-state index in [1.165, 1.54) is 22.5 Å². The van der Waals surface area contributed by atoms with Gasteiger partial charge in [-0.25, -0.2) is 4.98 Å². The van der Waals surface area contributed by atoms with Crippen LogP contribution in [0.1, 0.15) is 16.8 Å². The normalized spacial score (nSPS) is 10.1. The van der Waals surface area contributed by atoms with Crippen LogP contribution < -0.4 is 10.3 Å². The summed E-state index contributed by atoms with van der Waals surface area (Å²) in [5, 5.41) is 3.40. The number of rotatable bonds is 3. The lowest BCUT2D eigenvalue weighted by molar-refractivity contribution is -0.389. The average Bonchev–Trinajstić information content (AvgIpc) is 2.32. The fraction of sp³-hybridized carbons (Fsp3) is 0.214. The number of aromatic amines is 1. The van der Waals surface area contributed by atoms with Crippen molar-refractivity contribution in [3.63, 3.8) is 0 Å². The van der Waals surface area contributed by atoms with Gasteiger partial charge in [-0.3, -0.25) is 0 Å². The van der Waals surface area contributed by atoms with Crippen molar-refractivity contribution in [2.45, 2.75) is 20.4 Å². The molecule has 0 atom stereocenters. The van der Waals surface area contributed by atoms with E-state index in [1.54, 1.807) is 0 Å². The molecule has 0 amide bonds. The second-order valence-electron chi connectivity index (χ2n) is 4.04. The van der Waals surface area contributed by atoms with Crippen molar-refractivity contribution in [1.82, 2.24) is 0 Å². The summed E-state index contributed by atoms with van der Waals surface area (Å²) in [6.07, 6.45) is 1.94. The van der Waals surface area contributed by atoms with Crippen LogP contribution in [0, 0.1) is 13.8 Å². The Morgan fingerprint density at radius 1 is 1.06 bits per heavy atom. The monoisotopic (exact) mass is 213 g/mol. The summed E-state index contributed by atoms with van der Waals surface area (Å²) in [5.74, 6) is 0. The van der Waals surface area contributed by atoms with E-state index >= 15 is 0 Å². The van der Waals surface area contributed by atoms with E-state index in [9.17, 15) is 0 Å². The van der Waals surface area contributed by atoms with E-state index in [0.717, 1.165) is 6.54 Å². The molecule has 0 aliphatic heterocycles. The molecule has 0 fully saturated rings. The maximum Gasteiger partial charge on any atom is 0.198 e. The van der Waals surface area contributed by atoms with Gasteiger partial charge in [-0.15, -0.1) is 0 Å². The molecule has 0 unspecified atom stereocenters. The number of aryl methyl sites for hydroxylation is 2. The number of aromatic nitrogens is 1. The van der Waals surface area contributed by atoms with Crippen molar-refractivity contribution in [2.75, 3.05) is 5.32 Å². The maximum absolute atomic E-state index is 3.40. The first-order valence-electron chi connectivity index (χ1n) is 5.52. The molecule has 2 aromatic rings. The van der Waals surface area contributed by atoms with E-state index in [4.69, 9.17) is 0 Å². The van der Waals surface area contributed by atoms with Gasteiger partial charge in [0.05, 0.1) is 0 Å². The molecule has 1 aromatic carbocycles. The molecule has 82 valence electrons. The second kappa shape index (κ2) is 4.79. The Hall–Kier alpha value is -1.83. The number of benzene rings is 1. The molecule has 16 heavy (non-hydrogen) atoms. The molecule has 2 N–H and O–H groups in total. The summed E-state index contributed by atoms with van der Waals surface area (Å²) >= 11 is 0. The second-order valence-corrected chi connectivity index (χ2v) is 4.04. The largest absolute Gasteiger partial charge is 0.375 e. The third-order valence-corrected chi connectivity index (χ3v) is 2.76. The van der Waals surface area contributed by atoms with Crippen LogP contribution in [-0.2, 0) is 6.54 Å². The lowest BCUT2D eigenvalue weighted by Crippen LogP contribution is -2.13. The van der Waals surface area contributed by atoms with Crippen LogP contribution >= 0.6 is 0 Å². The van der Waals surface area contributed by atoms with E-state index < -0.39 is 0 Å². The predicted octanol–water partition coefficient (Wildman–Crippen LogP) is 2.73. The molecule has 2 nitrogen and oxygen atoms in total. The zero-order valence-corrected chi connectivity index (χ0v) is 9.75. The molecule has 0 spiro atoms. The van der Waals surface area contributed by atoms with Crippen molar-refractivity contribution in [2.24, 2.45) is 0 Å². The summed E-state index contributed by atoms with van der Waals surface area (Å²) in [6.45, 7) is 5.09. The number of pyridine rings is 1. The fourth-order valence-corrected chi connectivity index (χ4v) is 1.59. The van der Waals surface area contributed by atoms with Gasteiger partial charge in [0.1, 0.15) is 6.54 Å². The van der Waals surface area contributed by atoms with E-state index in [-0.39, 0.29) is 0 Å². The molecule has 0 aliphatic rings. The smallest absolute Gasteiger partial charge is 0.198 e. The number of H-pyrrole nitrogens is 1. The number of nitrogens with one attached hydrogen (secondary N) is 2. The first kappa shape index (κ1) is 10.7. The minimum atomic E-state index is 0.823. The number of hydrogen-bond donors (Lipinski definition) is 1. The van der Waals surface area contributed by atoms with Crippen LogP contribution in [0.25, 0.3) is 0 Å². The standard InChI is InChI=1S/C14H16N2/c1-11-6-7-13(9-12(11)2)16-10-14-5-3-4-8-15-14/h3-9,16H,10H2,1-2H3/p+1. The van der Waals surface area contributed by atoms with Crippen molar-refractivity contribution < 1.29 is 4.98 Å². The van der Waals surface area contributed by atoms with Crippen LogP contribution in [0.2, 0.25) is 0 Å². The molecule has 0 saturated carbocycles. The van der Waals surface area contributed by atoms with Gasteiger partial charge < -0.3 is 5.32 Å². The summed E-state index contributed by atoms with van der Waals surface area (Å²) in [6, 6.07) is 12.5. The molecule has 1 heterocycles. The molecule has 0 aliphatic carbocycles. The molecule has 1 aromatic heterocycles. The van der Waals surface area contributed by atoms with E-state index in [1.807, 2.05) is 18.3 Å². The van der Waals surface area contributed by atoms with Gasteiger partial charge in [0.2, 0.25) is 0 Å². The van der Waals surface area contributed by atoms with Gasteiger partial charge in [-0.2, -0.15) is 0 Å². The van der Waals surface area contributed by atoms with Crippen molar-refractivity contribution in [3.8, 4) is 0 Å². The Labute approximate surface area is 96.4 Å². The third kappa shape index (κ3) is 2.60. The summed E-state index contributed by atoms with van der Waals surface area (Å²) in [7, 11) is 0. The quantitative estimate of drug-likeness (QED) is 0.833. The van der Waals surface area contributed by atoms with Gasteiger partial charge in [0.15, 0.2) is 11.9 Å². The Morgan fingerprint density at radius 2 is 1.94 bits per heavy atom. The van der Waals surface area contributed by atoms with E-state index in [2.05, 4.69) is 48.4 Å². The van der Waals surface area contributed by atoms with Gasteiger partial charge in [0.25, 0.3) is 0 Å². The van der Waals surface area contributed by atoms with Crippen molar-refractivity contribution in [3.05, 3.63) is 59.4 Å². The zero-order chi connectivity index (χ0) is 11.4. The lowest BCUT2D eigenvalue weighted by Gasteiger charge is -2.06. The first-order valence-corrected chi connectivity index (χ1v) is 5.52. The van der Waals surface area contributed by atoms with Crippen LogP contribution in [0.4, 0.5) is 5.69 Å². The highest BCUT2D eigenvalue weighted by Gasteiger charge is 2.00. The van der Waals surface area contributed by atoms with Gasteiger partial charge in [-0.05, 0) is 37.1 Å². The Balaban J connectivity index is 2.03. The molecule has 2 rings (SSSR count). The summed E-state index contributed by atoms with van der Waals surface area (Å²) in [5.41, 5.74) is 5.00. The highest BCUT2D eigenvalue weighted by atomic mass is 14.9. The fourth-order valence-electron chi connectivity index (χ4n) is 1.59. The van der Waals surface area contributed by atoms with Crippen molar-refractivity contribution >= 4 is 5.69 Å². The van der Waals surface area contributed by atoms with Gasteiger partial charge >= 0.3 is 0 Å². The van der Waals surface area contributed by atoms with Gasteiger partial charge in [0, 0.05) is 17.8 Å². The molecular weight excluding hydrogens is 196 g/mol. The van der Waals surface area contributed by atoms with Crippen LogP contribution in [0.5, 0.6) is 0 Å². The van der Waals surface area contributed by atoms with Gasteiger partial charge in [-0.1, -0.05) is 12.1 Å². The van der Waals surface area contributed by atoms with Crippen LogP contribution in [-0.4, -0.2) is 0 Å². The van der Waals surface area contributed by atoms with Crippen molar-refractivity contribution in [1.29, 1.82) is 0 Å². The highest BCUT2D eigenvalue weighted by molar-refractivity contribution is 5.48. The van der Waals surface area contributed by atoms with E-state index in [0.29, 0.717) is 0 Å². The first-order chi connectivity index (χ1) is 7.75. The molecule has 2 heteroatoms. The molecular formula is C14H17N2+. The predicted molar refractivity (Wildman–Crippen MR) is 66.2 cm³/mol. The highest BCUT2D eigenvalue weighted by Crippen LogP contribution is 2.14.